The van der Waals surface area contributed by atoms with Crippen LogP contribution in [-0.4, -0.2) is 64.4 Å². The maximum absolute atomic E-state index is 10.6. The van der Waals surface area contributed by atoms with Crippen molar-refractivity contribution < 1.29 is 15.3 Å². The molecule has 0 aliphatic rings. The van der Waals surface area contributed by atoms with Gasteiger partial charge in [-0.2, -0.15) is 0 Å². The van der Waals surface area contributed by atoms with Gasteiger partial charge in [-0.1, -0.05) is 6.07 Å². The molecule has 4 rings (SSSR count). The van der Waals surface area contributed by atoms with E-state index in [0.717, 1.165) is 46.5 Å². The summed E-state index contributed by atoms with van der Waals surface area (Å²) in [4.78, 5) is 8.90. The molecule has 2 aromatic carbocycles. The van der Waals surface area contributed by atoms with Crippen LogP contribution >= 0.6 is 0 Å². The molecule has 0 atom stereocenters. The fraction of sp³-hybridized carbons (Fsp3) is 0.304. The van der Waals surface area contributed by atoms with Gasteiger partial charge < -0.3 is 35.5 Å². The fourth-order valence-corrected chi connectivity index (χ4v) is 4.15. The molecular formula is C23H28N4O3. The predicted molar refractivity (Wildman–Crippen MR) is 120 cm³/mol. The Kier molecular flexibility index (Phi) is 5.32. The molecule has 30 heavy (non-hydrogen) atoms. The van der Waals surface area contributed by atoms with Crippen molar-refractivity contribution in [2.24, 2.45) is 0 Å². The lowest BCUT2D eigenvalue weighted by Crippen LogP contribution is -2.15. The molecule has 0 saturated carbocycles. The van der Waals surface area contributed by atoms with E-state index in [2.05, 4.69) is 20.2 Å². The number of fused-ring (bicyclic) bond motifs is 2. The molecule has 0 aliphatic heterocycles. The van der Waals surface area contributed by atoms with Gasteiger partial charge in [0.15, 0.2) is 0 Å². The number of aromatic amines is 2. The quantitative estimate of drug-likeness (QED) is 0.263. The highest BCUT2D eigenvalue weighted by atomic mass is 16.3. The molecule has 2 aromatic heterocycles. The first-order valence-electron chi connectivity index (χ1n) is 10.1. The number of hydrogen-bond acceptors (Lipinski definition) is 5. The summed E-state index contributed by atoms with van der Waals surface area (Å²) in [6, 6.07) is 8.47. The first kappa shape index (κ1) is 20.1. The van der Waals surface area contributed by atoms with E-state index in [1.165, 1.54) is 12.1 Å². The summed E-state index contributed by atoms with van der Waals surface area (Å²) in [5.41, 5.74) is 4.98. The Hall–Kier alpha value is -3.16. The van der Waals surface area contributed by atoms with E-state index in [1.54, 1.807) is 6.07 Å². The van der Waals surface area contributed by atoms with Crippen LogP contribution in [0.4, 0.5) is 0 Å². The van der Waals surface area contributed by atoms with Crippen LogP contribution in [0.3, 0.4) is 0 Å². The Morgan fingerprint density at radius 1 is 0.833 bits per heavy atom. The second kappa shape index (κ2) is 7.93. The number of nitrogens with one attached hydrogen (secondary N) is 3. The molecule has 0 fully saturated rings. The average molecular weight is 409 g/mol. The number of H-pyrrole nitrogens is 2. The number of likely N-dealkylation sites (N-methyl/N-ethyl adjacent to an activating group) is 2. The smallest absolute Gasteiger partial charge is 0.139 e. The molecule has 0 amide bonds. The van der Waals surface area contributed by atoms with Crippen molar-refractivity contribution >= 4 is 21.8 Å². The monoisotopic (exact) mass is 408 g/mol. The van der Waals surface area contributed by atoms with Gasteiger partial charge in [0.1, 0.15) is 17.2 Å². The zero-order chi connectivity index (χ0) is 21.4. The van der Waals surface area contributed by atoms with Gasteiger partial charge in [-0.05, 0) is 75.9 Å². The van der Waals surface area contributed by atoms with Gasteiger partial charge in [-0.15, -0.1) is 0 Å². The van der Waals surface area contributed by atoms with Gasteiger partial charge in [-0.25, -0.2) is 0 Å². The molecule has 0 bridgehead atoms. The fourth-order valence-electron chi connectivity index (χ4n) is 4.15. The maximum atomic E-state index is 10.6. The topological polar surface area (TPSA) is 108 Å². The van der Waals surface area contributed by atoms with Crippen molar-refractivity contribution in [3.63, 3.8) is 0 Å². The van der Waals surface area contributed by atoms with Crippen molar-refractivity contribution in [3.05, 3.63) is 41.5 Å². The lowest BCUT2D eigenvalue weighted by Gasteiger charge is -2.12. The van der Waals surface area contributed by atoms with Gasteiger partial charge in [-0.3, -0.25) is 0 Å². The van der Waals surface area contributed by atoms with Crippen LogP contribution in [0, 0.1) is 0 Å². The van der Waals surface area contributed by atoms with Crippen molar-refractivity contribution in [2.75, 3.05) is 34.2 Å². The van der Waals surface area contributed by atoms with E-state index in [0.29, 0.717) is 23.7 Å². The summed E-state index contributed by atoms with van der Waals surface area (Å²) >= 11 is 0. The van der Waals surface area contributed by atoms with Crippen LogP contribution in [0.15, 0.2) is 30.3 Å². The summed E-state index contributed by atoms with van der Waals surface area (Å²) in [5, 5.41) is 36.2. The average Bonchev–Trinajstić information content (AvgIpc) is 3.27. The van der Waals surface area contributed by atoms with Crippen molar-refractivity contribution in [2.45, 2.75) is 12.8 Å². The minimum absolute atomic E-state index is 0.0934. The molecule has 6 N–H and O–H groups in total. The van der Waals surface area contributed by atoms with Crippen LogP contribution in [0.25, 0.3) is 33.2 Å². The highest BCUT2D eigenvalue weighted by Gasteiger charge is 2.23. The second-order valence-electron chi connectivity index (χ2n) is 7.92. The Morgan fingerprint density at radius 2 is 1.50 bits per heavy atom. The van der Waals surface area contributed by atoms with Gasteiger partial charge in [0.05, 0.1) is 16.9 Å². The molecule has 7 nitrogen and oxygen atoms in total. The molecule has 0 unspecified atom stereocenters. The third-order valence-electron chi connectivity index (χ3n) is 5.60. The van der Waals surface area contributed by atoms with Gasteiger partial charge >= 0.3 is 0 Å². The summed E-state index contributed by atoms with van der Waals surface area (Å²) in [6.45, 7) is 1.53. The van der Waals surface area contributed by atoms with E-state index >= 15 is 0 Å². The van der Waals surface area contributed by atoms with Gasteiger partial charge in [0.2, 0.25) is 0 Å². The summed E-state index contributed by atoms with van der Waals surface area (Å²) in [6.07, 6.45) is 1.40. The van der Waals surface area contributed by atoms with Crippen LogP contribution in [-0.2, 0) is 12.8 Å². The van der Waals surface area contributed by atoms with Crippen LogP contribution in [0.2, 0.25) is 0 Å². The first-order valence-corrected chi connectivity index (χ1v) is 10.1. The number of benzene rings is 2. The zero-order valence-electron chi connectivity index (χ0n) is 17.5. The summed E-state index contributed by atoms with van der Waals surface area (Å²) in [7, 11) is 5.91. The SMILES string of the molecule is CNCCc1c(-c2[nH]c3c(O)ccc(O)c3c2CCN(C)C)[nH]c2cccc(O)c12. The number of aromatic hydroxyl groups is 3. The third kappa shape index (κ3) is 3.36. The molecular weight excluding hydrogens is 380 g/mol. The lowest BCUT2D eigenvalue weighted by atomic mass is 10.00. The van der Waals surface area contributed by atoms with Crippen molar-refractivity contribution in [1.29, 1.82) is 0 Å². The largest absolute Gasteiger partial charge is 0.507 e. The Morgan fingerprint density at radius 3 is 2.23 bits per heavy atom. The van der Waals surface area contributed by atoms with Crippen molar-refractivity contribution in [1.82, 2.24) is 20.2 Å². The zero-order valence-corrected chi connectivity index (χ0v) is 17.5. The maximum Gasteiger partial charge on any atom is 0.139 e. The van der Waals surface area contributed by atoms with Crippen LogP contribution in [0.1, 0.15) is 11.1 Å². The number of aromatic nitrogens is 2. The van der Waals surface area contributed by atoms with Gasteiger partial charge in [0.25, 0.3) is 0 Å². The lowest BCUT2D eigenvalue weighted by molar-refractivity contribution is 0.414. The van der Waals surface area contributed by atoms with E-state index in [-0.39, 0.29) is 17.2 Å². The van der Waals surface area contributed by atoms with E-state index in [4.69, 9.17) is 0 Å². The number of phenols is 3. The molecule has 2 heterocycles. The number of hydrogen-bond donors (Lipinski definition) is 6. The normalized spacial score (nSPS) is 11.9. The van der Waals surface area contributed by atoms with Crippen LogP contribution < -0.4 is 5.32 Å². The molecule has 0 spiro atoms. The van der Waals surface area contributed by atoms with E-state index < -0.39 is 0 Å². The molecule has 0 aliphatic carbocycles. The molecule has 4 aromatic rings. The Balaban J connectivity index is 2.02. The van der Waals surface area contributed by atoms with E-state index in [9.17, 15) is 15.3 Å². The number of rotatable bonds is 7. The molecule has 158 valence electrons. The highest BCUT2D eigenvalue weighted by molar-refractivity contribution is 6.01. The Labute approximate surface area is 175 Å². The highest BCUT2D eigenvalue weighted by Crippen LogP contribution is 2.42. The molecule has 0 saturated heterocycles. The number of nitrogens with zero attached hydrogens (tertiary/aromatic N) is 1. The summed E-state index contributed by atoms with van der Waals surface area (Å²) in [5.74, 6) is 0.462. The standard InChI is InChI=1S/C23H28N4O3/c1-24-11-9-13-19-15(5-4-6-16(19)28)25-21(13)22-14(10-12-27(2)3)20-17(29)7-8-18(30)23(20)26-22/h4-8,24-26,28-30H,9-12H2,1-3H3. The number of phenolic OH excluding ortho intramolecular Hbond substituents is 3. The second-order valence-corrected chi connectivity index (χ2v) is 7.92. The van der Waals surface area contributed by atoms with Gasteiger partial charge in [0, 0.05) is 22.8 Å². The van der Waals surface area contributed by atoms with E-state index in [1.807, 2.05) is 33.3 Å². The summed E-state index contributed by atoms with van der Waals surface area (Å²) < 4.78 is 0. The first-order chi connectivity index (χ1) is 14.4. The molecule has 0 radical (unpaired) electrons. The molecule has 7 heteroatoms. The minimum atomic E-state index is 0.0934. The van der Waals surface area contributed by atoms with Crippen LogP contribution in [0.5, 0.6) is 17.2 Å². The third-order valence-corrected chi connectivity index (χ3v) is 5.60. The minimum Gasteiger partial charge on any atom is -0.507 e. The van der Waals surface area contributed by atoms with Crippen molar-refractivity contribution in [3.8, 4) is 28.6 Å². The predicted octanol–water partition coefficient (Wildman–Crippen LogP) is 3.30. The Bertz CT molecular complexity index is 1210.